The molecule has 4 rings (SSSR count). The van der Waals surface area contributed by atoms with Gasteiger partial charge in [0.15, 0.2) is 0 Å². The summed E-state index contributed by atoms with van der Waals surface area (Å²) < 4.78 is 21.2. The molecule has 0 fully saturated rings. The van der Waals surface area contributed by atoms with Gasteiger partial charge in [0.2, 0.25) is 5.91 Å². The Hall–Kier alpha value is -2.70. The van der Waals surface area contributed by atoms with Crippen LogP contribution in [0.1, 0.15) is 28.1 Å². The lowest BCUT2D eigenvalue weighted by molar-refractivity contribution is -0.131. The first-order valence-corrected chi connectivity index (χ1v) is 10.3. The van der Waals surface area contributed by atoms with Crippen molar-refractivity contribution in [1.29, 1.82) is 0 Å². The standard InChI is InChI=1S/C23H23ClFN3O2/c1-27-22-9-10-28(23(29)12-17-3-2-4-19(25)11-17)13-20(22)21(26-27)15-30-14-16-5-7-18(24)8-6-16/h2-8,11H,9-10,12-15H2,1H3. The molecular formula is C23H23ClFN3O2. The fourth-order valence-electron chi connectivity index (χ4n) is 3.78. The van der Waals surface area contributed by atoms with Gasteiger partial charge in [-0.3, -0.25) is 9.48 Å². The summed E-state index contributed by atoms with van der Waals surface area (Å²) in [4.78, 5) is 14.6. The quantitative estimate of drug-likeness (QED) is 0.596. The Morgan fingerprint density at radius 2 is 1.97 bits per heavy atom. The van der Waals surface area contributed by atoms with Crippen molar-refractivity contribution in [1.82, 2.24) is 14.7 Å². The molecule has 30 heavy (non-hydrogen) atoms. The second-order valence-corrected chi connectivity index (χ2v) is 7.92. The van der Waals surface area contributed by atoms with Crippen molar-refractivity contribution in [2.45, 2.75) is 32.6 Å². The molecule has 0 saturated heterocycles. The van der Waals surface area contributed by atoms with E-state index in [0.29, 0.717) is 36.9 Å². The van der Waals surface area contributed by atoms with E-state index in [-0.39, 0.29) is 18.1 Å². The van der Waals surface area contributed by atoms with Gasteiger partial charge in [-0.15, -0.1) is 0 Å². The van der Waals surface area contributed by atoms with Crippen molar-refractivity contribution in [2.75, 3.05) is 6.54 Å². The summed E-state index contributed by atoms with van der Waals surface area (Å²) in [5.74, 6) is -0.336. The van der Waals surface area contributed by atoms with Crippen molar-refractivity contribution < 1.29 is 13.9 Å². The number of halogens is 2. The topological polar surface area (TPSA) is 47.4 Å². The maximum Gasteiger partial charge on any atom is 0.227 e. The van der Waals surface area contributed by atoms with Crippen molar-refractivity contribution in [2.24, 2.45) is 7.05 Å². The summed E-state index contributed by atoms with van der Waals surface area (Å²) >= 11 is 5.92. The molecule has 0 bridgehead atoms. The monoisotopic (exact) mass is 427 g/mol. The SMILES string of the molecule is Cn1nc(COCc2ccc(Cl)cc2)c2c1CCN(C(=O)Cc1cccc(F)c1)C2. The Labute approximate surface area is 180 Å². The number of rotatable bonds is 6. The molecule has 1 aliphatic heterocycles. The lowest BCUT2D eigenvalue weighted by atomic mass is 10.0. The minimum Gasteiger partial charge on any atom is -0.370 e. The second-order valence-electron chi connectivity index (χ2n) is 7.49. The Bertz CT molecular complexity index is 1050. The molecule has 5 nitrogen and oxygen atoms in total. The first-order chi connectivity index (χ1) is 14.5. The number of nitrogens with zero attached hydrogens (tertiary/aromatic N) is 3. The van der Waals surface area contributed by atoms with E-state index in [1.54, 1.807) is 12.1 Å². The van der Waals surface area contributed by atoms with Gasteiger partial charge in [-0.05, 0) is 35.4 Å². The highest BCUT2D eigenvalue weighted by Crippen LogP contribution is 2.24. The number of benzene rings is 2. The highest BCUT2D eigenvalue weighted by atomic mass is 35.5. The van der Waals surface area contributed by atoms with Crippen LogP contribution >= 0.6 is 11.6 Å². The van der Waals surface area contributed by atoms with E-state index in [1.165, 1.54) is 12.1 Å². The lowest BCUT2D eigenvalue weighted by Crippen LogP contribution is -2.37. The highest BCUT2D eigenvalue weighted by molar-refractivity contribution is 6.30. The minimum absolute atomic E-state index is 0.0110. The van der Waals surface area contributed by atoms with Crippen LogP contribution in [0.2, 0.25) is 5.02 Å². The Kier molecular flexibility index (Phi) is 6.16. The van der Waals surface area contributed by atoms with Crippen molar-refractivity contribution in [3.8, 4) is 0 Å². The highest BCUT2D eigenvalue weighted by Gasteiger charge is 2.26. The first kappa shape index (κ1) is 20.6. The number of aryl methyl sites for hydroxylation is 1. The van der Waals surface area contributed by atoms with Crippen molar-refractivity contribution >= 4 is 17.5 Å². The number of carbonyl (C=O) groups is 1. The normalized spacial score (nSPS) is 13.4. The van der Waals surface area contributed by atoms with Crippen LogP contribution in [-0.4, -0.2) is 27.1 Å². The van der Waals surface area contributed by atoms with Crippen molar-refractivity contribution in [3.63, 3.8) is 0 Å². The van der Waals surface area contributed by atoms with Gasteiger partial charge in [0.25, 0.3) is 0 Å². The van der Waals surface area contributed by atoms with E-state index >= 15 is 0 Å². The zero-order valence-electron chi connectivity index (χ0n) is 16.8. The average Bonchev–Trinajstić information content (AvgIpc) is 3.04. The second kappa shape index (κ2) is 8.98. The van der Waals surface area contributed by atoms with Gasteiger partial charge < -0.3 is 9.64 Å². The summed E-state index contributed by atoms with van der Waals surface area (Å²) in [6, 6.07) is 13.7. The molecule has 156 valence electrons. The van der Waals surface area contributed by atoms with Crippen LogP contribution in [-0.2, 0) is 49.2 Å². The maximum atomic E-state index is 13.4. The van der Waals surface area contributed by atoms with Crippen LogP contribution in [0.15, 0.2) is 48.5 Å². The number of hydrogen-bond acceptors (Lipinski definition) is 3. The van der Waals surface area contributed by atoms with Crippen LogP contribution in [0.4, 0.5) is 4.39 Å². The predicted molar refractivity (Wildman–Crippen MR) is 112 cm³/mol. The maximum absolute atomic E-state index is 13.4. The molecule has 0 N–H and O–H groups in total. The number of hydrogen-bond donors (Lipinski definition) is 0. The number of aromatic nitrogens is 2. The van der Waals surface area contributed by atoms with E-state index in [4.69, 9.17) is 16.3 Å². The number of amides is 1. The van der Waals surface area contributed by atoms with Gasteiger partial charge in [0.1, 0.15) is 5.82 Å². The fourth-order valence-corrected chi connectivity index (χ4v) is 3.90. The van der Waals surface area contributed by atoms with Gasteiger partial charge in [-0.25, -0.2) is 4.39 Å². The largest absolute Gasteiger partial charge is 0.370 e. The molecule has 0 unspecified atom stereocenters. The summed E-state index contributed by atoms with van der Waals surface area (Å²) in [5.41, 5.74) is 4.76. The average molecular weight is 428 g/mol. The van der Waals surface area contributed by atoms with E-state index in [1.807, 2.05) is 40.9 Å². The molecule has 1 aromatic heterocycles. The van der Waals surface area contributed by atoms with Gasteiger partial charge in [0, 0.05) is 42.8 Å². The fraction of sp³-hybridized carbons (Fsp3) is 0.304. The van der Waals surface area contributed by atoms with E-state index in [0.717, 1.165) is 28.9 Å². The summed E-state index contributed by atoms with van der Waals surface area (Å²) in [6.45, 7) is 1.96. The number of carbonyl (C=O) groups excluding carboxylic acids is 1. The van der Waals surface area contributed by atoms with Crippen LogP contribution in [0, 0.1) is 5.82 Å². The van der Waals surface area contributed by atoms with E-state index < -0.39 is 0 Å². The zero-order valence-corrected chi connectivity index (χ0v) is 17.5. The van der Waals surface area contributed by atoms with Crippen LogP contribution in [0.25, 0.3) is 0 Å². The first-order valence-electron chi connectivity index (χ1n) is 9.87. The van der Waals surface area contributed by atoms with Crippen molar-refractivity contribution in [3.05, 3.63) is 87.4 Å². The van der Waals surface area contributed by atoms with Crippen LogP contribution < -0.4 is 0 Å². The molecule has 3 aromatic rings. The molecule has 7 heteroatoms. The molecule has 0 radical (unpaired) electrons. The van der Waals surface area contributed by atoms with Crippen LogP contribution in [0.3, 0.4) is 0 Å². The van der Waals surface area contributed by atoms with Gasteiger partial charge in [0.05, 0.1) is 25.3 Å². The third kappa shape index (κ3) is 4.71. The lowest BCUT2D eigenvalue weighted by Gasteiger charge is -2.28. The molecule has 2 heterocycles. The smallest absolute Gasteiger partial charge is 0.227 e. The molecular weight excluding hydrogens is 405 g/mol. The minimum atomic E-state index is -0.325. The summed E-state index contributed by atoms with van der Waals surface area (Å²) in [7, 11) is 1.92. The van der Waals surface area contributed by atoms with E-state index in [2.05, 4.69) is 5.10 Å². The Balaban J connectivity index is 1.41. The molecule has 2 aromatic carbocycles. The number of ether oxygens (including phenoxy) is 1. The molecule has 0 atom stereocenters. The van der Waals surface area contributed by atoms with Crippen LogP contribution in [0.5, 0.6) is 0 Å². The third-order valence-electron chi connectivity index (χ3n) is 5.34. The van der Waals surface area contributed by atoms with Gasteiger partial charge in [-0.1, -0.05) is 35.9 Å². The van der Waals surface area contributed by atoms with Gasteiger partial charge in [-0.2, -0.15) is 5.10 Å². The molecule has 1 aliphatic rings. The summed E-state index contributed by atoms with van der Waals surface area (Å²) in [6.07, 6.45) is 0.931. The Morgan fingerprint density at radius 1 is 1.17 bits per heavy atom. The molecule has 0 spiro atoms. The van der Waals surface area contributed by atoms with Gasteiger partial charge >= 0.3 is 0 Å². The summed E-state index contributed by atoms with van der Waals surface area (Å²) in [5, 5.41) is 5.30. The molecule has 0 aliphatic carbocycles. The number of fused-ring (bicyclic) bond motifs is 1. The zero-order chi connectivity index (χ0) is 21.1. The van der Waals surface area contributed by atoms with E-state index in [9.17, 15) is 9.18 Å². The third-order valence-corrected chi connectivity index (χ3v) is 5.60. The molecule has 0 saturated carbocycles. The molecule has 1 amide bonds. The predicted octanol–water partition coefficient (Wildman–Crippen LogP) is 4.06. The Morgan fingerprint density at radius 3 is 2.73 bits per heavy atom.